The van der Waals surface area contributed by atoms with Crippen LogP contribution in [-0.4, -0.2) is 11.1 Å². The molecule has 0 fully saturated rings. The second-order valence-corrected chi connectivity index (χ2v) is 2.94. The zero-order valence-corrected chi connectivity index (χ0v) is 8.79. The van der Waals surface area contributed by atoms with Gasteiger partial charge in [0, 0.05) is 0 Å². The molecule has 0 saturated heterocycles. The summed E-state index contributed by atoms with van der Waals surface area (Å²) < 4.78 is 0. The highest BCUT2D eigenvalue weighted by atomic mass is 16.4. The van der Waals surface area contributed by atoms with Crippen molar-refractivity contribution in [2.75, 3.05) is 0 Å². The molecule has 0 aliphatic rings. The van der Waals surface area contributed by atoms with Crippen molar-refractivity contribution in [1.29, 1.82) is 5.26 Å². The van der Waals surface area contributed by atoms with E-state index in [1.807, 2.05) is 6.08 Å². The van der Waals surface area contributed by atoms with Gasteiger partial charge in [-0.2, -0.15) is 5.26 Å². The van der Waals surface area contributed by atoms with Crippen LogP contribution in [0.1, 0.15) is 26.7 Å². The van der Waals surface area contributed by atoms with Gasteiger partial charge in [0.25, 0.3) is 0 Å². The van der Waals surface area contributed by atoms with Gasteiger partial charge in [-0.05, 0) is 19.8 Å². The van der Waals surface area contributed by atoms with Gasteiger partial charge in [0.2, 0.25) is 0 Å². The molecule has 0 heterocycles. The van der Waals surface area contributed by atoms with Gasteiger partial charge in [-0.25, -0.2) is 0 Å². The molecule has 0 aliphatic carbocycles. The van der Waals surface area contributed by atoms with Crippen molar-refractivity contribution >= 4 is 5.97 Å². The second-order valence-electron chi connectivity index (χ2n) is 2.94. The minimum atomic E-state index is -1.30. The zero-order valence-electron chi connectivity index (χ0n) is 8.79. The lowest BCUT2D eigenvalue weighted by atomic mass is 9.89. The van der Waals surface area contributed by atoms with Crippen LogP contribution >= 0.6 is 0 Å². The zero-order chi connectivity index (χ0) is 11.6. The average molecular weight is 195 g/mol. The molecule has 1 unspecified atom stereocenters. The van der Waals surface area contributed by atoms with E-state index in [1.165, 1.54) is 13.0 Å². The molecule has 0 radical (unpaired) electrons. The molecule has 14 heavy (non-hydrogen) atoms. The first-order chi connectivity index (χ1) is 6.48. The van der Waals surface area contributed by atoms with Crippen LogP contribution < -0.4 is 0 Å². The molecule has 3 heteroatoms. The number of hydrogen-bond donors (Lipinski definition) is 1. The van der Waals surface area contributed by atoms with Crippen molar-refractivity contribution in [2.24, 2.45) is 5.41 Å². The average Bonchev–Trinajstić information content (AvgIpc) is 2.18. The highest BCUT2D eigenvalue weighted by Crippen LogP contribution is 2.20. The van der Waals surface area contributed by atoms with Gasteiger partial charge in [-0.15, -0.1) is 13.2 Å². The first-order valence-corrected chi connectivity index (χ1v) is 4.34. The van der Waals surface area contributed by atoms with Crippen molar-refractivity contribution in [2.45, 2.75) is 26.7 Å². The maximum Gasteiger partial charge on any atom is 0.324 e. The summed E-state index contributed by atoms with van der Waals surface area (Å²) in [5, 5.41) is 16.9. The van der Waals surface area contributed by atoms with Crippen LogP contribution in [-0.2, 0) is 4.79 Å². The molecule has 0 aliphatic heterocycles. The Balaban J connectivity index is 0. The third kappa shape index (κ3) is 6.01. The Hall–Kier alpha value is -1.56. The van der Waals surface area contributed by atoms with Crippen molar-refractivity contribution in [3.8, 4) is 6.07 Å². The van der Waals surface area contributed by atoms with Gasteiger partial charge < -0.3 is 5.11 Å². The molecular formula is C11H17NO2. The minimum absolute atomic E-state index is 0.179. The Kier molecular flexibility index (Phi) is 8.60. The van der Waals surface area contributed by atoms with Gasteiger partial charge >= 0.3 is 5.97 Å². The molecule has 0 rings (SSSR count). The normalized spacial score (nSPS) is 12.4. The van der Waals surface area contributed by atoms with E-state index in [0.717, 1.165) is 6.42 Å². The van der Waals surface area contributed by atoms with Crippen LogP contribution in [0.2, 0.25) is 0 Å². The Morgan fingerprint density at radius 3 is 2.07 bits per heavy atom. The number of carbonyl (C=O) groups is 1. The van der Waals surface area contributed by atoms with Crippen molar-refractivity contribution in [3.05, 3.63) is 25.3 Å². The van der Waals surface area contributed by atoms with Crippen LogP contribution in [0.3, 0.4) is 0 Å². The minimum Gasteiger partial charge on any atom is -0.480 e. The summed E-state index contributed by atoms with van der Waals surface area (Å²) in [6.07, 6.45) is 4.57. The van der Waals surface area contributed by atoms with Crippen LogP contribution in [0.25, 0.3) is 0 Å². The molecule has 0 bridgehead atoms. The van der Waals surface area contributed by atoms with Crippen LogP contribution in [0, 0.1) is 16.7 Å². The number of rotatable bonds is 4. The fourth-order valence-corrected chi connectivity index (χ4v) is 0.469. The summed E-state index contributed by atoms with van der Waals surface area (Å²) in [4.78, 5) is 10.4. The number of carboxylic acids is 1. The van der Waals surface area contributed by atoms with Crippen molar-refractivity contribution < 1.29 is 9.90 Å². The standard InChI is InChI=1S/C7H9NO2.C4H8/c1-3-4-7(2,5-8)6(9)10;1-3-4-2/h3H,1,4H2,2H3,(H,9,10);3H,1,4H2,2H3. The fraction of sp³-hybridized carbons (Fsp3) is 0.455. The largest absolute Gasteiger partial charge is 0.480 e. The molecule has 0 aromatic rings. The number of hydrogen-bond acceptors (Lipinski definition) is 2. The molecule has 1 N–H and O–H groups in total. The molecular weight excluding hydrogens is 178 g/mol. The molecule has 0 saturated carbocycles. The lowest BCUT2D eigenvalue weighted by Gasteiger charge is -2.11. The summed E-state index contributed by atoms with van der Waals surface area (Å²) in [5.74, 6) is -1.10. The third-order valence-electron chi connectivity index (χ3n) is 1.56. The van der Waals surface area contributed by atoms with Gasteiger partial charge in [0.05, 0.1) is 6.07 Å². The smallest absolute Gasteiger partial charge is 0.324 e. The van der Waals surface area contributed by atoms with E-state index in [9.17, 15) is 4.79 Å². The maximum atomic E-state index is 10.4. The first kappa shape index (κ1) is 14.9. The SMILES string of the molecule is C=CCC.C=CCC(C)(C#N)C(=O)O. The summed E-state index contributed by atoms with van der Waals surface area (Å²) >= 11 is 0. The lowest BCUT2D eigenvalue weighted by molar-refractivity contribution is -0.144. The van der Waals surface area contributed by atoms with Gasteiger partial charge in [-0.3, -0.25) is 4.79 Å². The van der Waals surface area contributed by atoms with Crippen molar-refractivity contribution in [1.82, 2.24) is 0 Å². The molecule has 0 aromatic carbocycles. The summed E-state index contributed by atoms with van der Waals surface area (Å²) in [6, 6.07) is 1.71. The molecule has 0 aromatic heterocycles. The summed E-state index contributed by atoms with van der Waals surface area (Å²) in [7, 11) is 0. The Morgan fingerprint density at radius 1 is 1.57 bits per heavy atom. The third-order valence-corrected chi connectivity index (χ3v) is 1.56. The van der Waals surface area contributed by atoms with E-state index in [-0.39, 0.29) is 6.42 Å². The number of nitriles is 1. The van der Waals surface area contributed by atoms with E-state index in [1.54, 1.807) is 6.07 Å². The lowest BCUT2D eigenvalue weighted by Crippen LogP contribution is -2.24. The maximum absolute atomic E-state index is 10.4. The summed E-state index contributed by atoms with van der Waals surface area (Å²) in [5.41, 5.74) is -1.30. The highest BCUT2D eigenvalue weighted by molar-refractivity contribution is 5.77. The van der Waals surface area contributed by atoms with E-state index in [2.05, 4.69) is 20.1 Å². The molecule has 0 amide bonds. The van der Waals surface area contributed by atoms with Gasteiger partial charge in [0.1, 0.15) is 0 Å². The second kappa shape index (κ2) is 8.06. The van der Waals surface area contributed by atoms with E-state index >= 15 is 0 Å². The van der Waals surface area contributed by atoms with Crippen LogP contribution in [0.4, 0.5) is 0 Å². The molecule has 78 valence electrons. The Morgan fingerprint density at radius 2 is 2.00 bits per heavy atom. The van der Waals surface area contributed by atoms with Crippen molar-refractivity contribution in [3.63, 3.8) is 0 Å². The monoisotopic (exact) mass is 195 g/mol. The predicted molar refractivity (Wildman–Crippen MR) is 56.7 cm³/mol. The topological polar surface area (TPSA) is 61.1 Å². The van der Waals surface area contributed by atoms with E-state index < -0.39 is 11.4 Å². The summed E-state index contributed by atoms with van der Waals surface area (Å²) in [6.45, 7) is 10.3. The van der Waals surface area contributed by atoms with E-state index in [0.29, 0.717) is 0 Å². The molecule has 1 atom stereocenters. The molecule has 0 spiro atoms. The number of allylic oxidation sites excluding steroid dienone is 2. The number of nitrogens with zero attached hydrogens (tertiary/aromatic N) is 1. The van der Waals surface area contributed by atoms with Gasteiger partial charge in [0.15, 0.2) is 5.41 Å². The fourth-order valence-electron chi connectivity index (χ4n) is 0.469. The van der Waals surface area contributed by atoms with Crippen LogP contribution in [0.5, 0.6) is 0 Å². The van der Waals surface area contributed by atoms with Gasteiger partial charge in [-0.1, -0.05) is 19.1 Å². The van der Waals surface area contributed by atoms with E-state index in [4.69, 9.17) is 10.4 Å². The highest BCUT2D eigenvalue weighted by Gasteiger charge is 2.31. The Bertz CT molecular complexity index is 240. The predicted octanol–water partition coefficient (Wildman–Crippen LogP) is 2.76. The first-order valence-electron chi connectivity index (χ1n) is 4.34. The number of carboxylic acid groups (broad SMARTS) is 1. The quantitative estimate of drug-likeness (QED) is 0.701. The Labute approximate surface area is 85.4 Å². The van der Waals surface area contributed by atoms with Crippen LogP contribution in [0.15, 0.2) is 25.3 Å². The number of aliphatic carboxylic acids is 1. The molecule has 3 nitrogen and oxygen atoms in total.